The Morgan fingerprint density at radius 2 is 2.05 bits per heavy atom. The fourth-order valence-electron chi connectivity index (χ4n) is 2.75. The van der Waals surface area contributed by atoms with Crippen LogP contribution in [0.5, 0.6) is 0 Å². The molecule has 2 aliphatic rings. The van der Waals surface area contributed by atoms with Gasteiger partial charge in [0, 0.05) is 13.1 Å². The molecule has 3 unspecified atom stereocenters. The van der Waals surface area contributed by atoms with Gasteiger partial charge in [-0.05, 0) is 12.8 Å². The molecule has 2 amide bonds. The van der Waals surface area contributed by atoms with Gasteiger partial charge in [-0.2, -0.15) is 0 Å². The Morgan fingerprint density at radius 1 is 1.30 bits per heavy atom. The van der Waals surface area contributed by atoms with Crippen LogP contribution in [0, 0.1) is 0 Å². The first-order valence-corrected chi connectivity index (χ1v) is 7.13. The van der Waals surface area contributed by atoms with Crippen molar-refractivity contribution in [3.05, 3.63) is 0 Å². The summed E-state index contributed by atoms with van der Waals surface area (Å²) in [6.45, 7) is 1.07. The molecule has 0 aromatic carbocycles. The van der Waals surface area contributed by atoms with E-state index < -0.39 is 18.2 Å². The maximum Gasteiger partial charge on any atom is 0.317 e. The smallest absolute Gasteiger partial charge is 0.317 e. The quantitative estimate of drug-likeness (QED) is 0.687. The number of nitrogens with one attached hydrogen (secondary N) is 1. The number of carbonyl (C=O) groups excluding carboxylic acids is 1. The highest BCUT2D eigenvalue weighted by molar-refractivity contribution is 5.75. The molecule has 20 heavy (non-hydrogen) atoms. The van der Waals surface area contributed by atoms with Crippen molar-refractivity contribution >= 4 is 12.0 Å². The third-order valence-corrected chi connectivity index (χ3v) is 3.87. The molecule has 7 nitrogen and oxygen atoms in total. The highest BCUT2D eigenvalue weighted by atomic mass is 16.5. The lowest BCUT2D eigenvalue weighted by Crippen LogP contribution is -2.54. The van der Waals surface area contributed by atoms with E-state index in [1.54, 1.807) is 4.90 Å². The highest BCUT2D eigenvalue weighted by Gasteiger charge is 2.29. The van der Waals surface area contributed by atoms with E-state index in [-0.39, 0.29) is 25.0 Å². The van der Waals surface area contributed by atoms with E-state index in [1.807, 2.05) is 0 Å². The molecule has 0 radical (unpaired) electrons. The fraction of sp³-hybridized carbons (Fsp3) is 0.846. The van der Waals surface area contributed by atoms with Crippen molar-refractivity contribution in [1.29, 1.82) is 0 Å². The summed E-state index contributed by atoms with van der Waals surface area (Å²) in [4.78, 5) is 24.4. The van der Waals surface area contributed by atoms with Crippen LogP contribution in [-0.2, 0) is 9.53 Å². The van der Waals surface area contributed by atoms with Gasteiger partial charge in [0.05, 0.1) is 31.3 Å². The predicted molar refractivity (Wildman–Crippen MR) is 70.4 cm³/mol. The lowest BCUT2D eigenvalue weighted by molar-refractivity contribution is -0.141. The van der Waals surface area contributed by atoms with Crippen LogP contribution in [0.1, 0.15) is 32.1 Å². The van der Waals surface area contributed by atoms with Gasteiger partial charge in [-0.3, -0.25) is 4.79 Å². The summed E-state index contributed by atoms with van der Waals surface area (Å²) in [7, 11) is 0. The van der Waals surface area contributed by atoms with E-state index in [4.69, 9.17) is 9.84 Å². The molecule has 0 aromatic rings. The minimum Gasteiger partial charge on any atom is -0.481 e. The van der Waals surface area contributed by atoms with Crippen molar-refractivity contribution in [2.45, 2.75) is 50.4 Å². The minimum absolute atomic E-state index is 0.101. The fourth-order valence-corrected chi connectivity index (χ4v) is 2.75. The number of rotatable bonds is 3. The van der Waals surface area contributed by atoms with E-state index >= 15 is 0 Å². The Kier molecular flexibility index (Phi) is 5.19. The first kappa shape index (κ1) is 15.1. The van der Waals surface area contributed by atoms with Gasteiger partial charge >= 0.3 is 12.0 Å². The molecule has 0 spiro atoms. The van der Waals surface area contributed by atoms with Crippen molar-refractivity contribution in [1.82, 2.24) is 10.2 Å². The molecule has 0 bridgehead atoms. The summed E-state index contributed by atoms with van der Waals surface area (Å²) in [5.41, 5.74) is 0. The molecule has 1 heterocycles. The lowest BCUT2D eigenvalue weighted by Gasteiger charge is -2.35. The third-order valence-electron chi connectivity index (χ3n) is 3.87. The number of amides is 2. The van der Waals surface area contributed by atoms with Crippen LogP contribution >= 0.6 is 0 Å². The lowest BCUT2D eigenvalue weighted by atomic mass is 9.93. The number of urea groups is 1. The van der Waals surface area contributed by atoms with Gasteiger partial charge < -0.3 is 25.2 Å². The standard InChI is InChI=1S/C13H22N2O5/c16-11-4-2-1-3-10(11)14-13(19)15-5-6-20-9(8-15)7-12(17)18/h9-11,16H,1-8H2,(H,14,19)(H,17,18). The van der Waals surface area contributed by atoms with E-state index in [2.05, 4.69) is 5.32 Å². The first-order chi connectivity index (χ1) is 9.56. The molecule has 7 heteroatoms. The van der Waals surface area contributed by atoms with Gasteiger partial charge in [0.2, 0.25) is 0 Å². The topological polar surface area (TPSA) is 99.1 Å². The van der Waals surface area contributed by atoms with E-state index in [1.165, 1.54) is 0 Å². The maximum atomic E-state index is 12.1. The van der Waals surface area contributed by atoms with Crippen molar-refractivity contribution in [2.24, 2.45) is 0 Å². The van der Waals surface area contributed by atoms with Crippen LogP contribution in [0.3, 0.4) is 0 Å². The Balaban J connectivity index is 1.83. The SMILES string of the molecule is O=C(O)CC1CN(C(=O)NC2CCCCC2O)CCO1. The van der Waals surface area contributed by atoms with Crippen LogP contribution in [0.2, 0.25) is 0 Å². The number of aliphatic carboxylic acids is 1. The van der Waals surface area contributed by atoms with Crippen LogP contribution in [0.4, 0.5) is 4.79 Å². The molecule has 1 saturated heterocycles. The number of aliphatic hydroxyl groups excluding tert-OH is 1. The molecular formula is C13H22N2O5. The average molecular weight is 286 g/mol. The number of morpholine rings is 1. The Hall–Kier alpha value is -1.34. The molecule has 1 aliphatic heterocycles. The van der Waals surface area contributed by atoms with Crippen LogP contribution < -0.4 is 5.32 Å². The van der Waals surface area contributed by atoms with Crippen LogP contribution in [0.25, 0.3) is 0 Å². The summed E-state index contributed by atoms with van der Waals surface area (Å²) in [6, 6.07) is -0.438. The molecule has 3 N–H and O–H groups in total. The van der Waals surface area contributed by atoms with E-state index in [0.29, 0.717) is 13.2 Å². The number of nitrogens with zero attached hydrogens (tertiary/aromatic N) is 1. The maximum absolute atomic E-state index is 12.1. The molecule has 2 rings (SSSR count). The summed E-state index contributed by atoms with van der Waals surface area (Å²) in [5.74, 6) is -0.931. The Labute approximate surface area is 117 Å². The summed E-state index contributed by atoms with van der Waals surface area (Å²) in [6.07, 6.45) is 2.46. The van der Waals surface area contributed by atoms with Gasteiger partial charge in [0.15, 0.2) is 0 Å². The number of aliphatic hydroxyl groups is 1. The van der Waals surface area contributed by atoms with Gasteiger partial charge in [0.25, 0.3) is 0 Å². The zero-order chi connectivity index (χ0) is 14.5. The average Bonchev–Trinajstić information content (AvgIpc) is 2.41. The minimum atomic E-state index is -0.931. The molecule has 114 valence electrons. The number of carboxylic acid groups (broad SMARTS) is 1. The third kappa shape index (κ3) is 4.08. The Bertz CT molecular complexity index is 363. The highest BCUT2D eigenvalue weighted by Crippen LogP contribution is 2.19. The monoisotopic (exact) mass is 286 g/mol. The van der Waals surface area contributed by atoms with Gasteiger partial charge in [-0.25, -0.2) is 4.79 Å². The zero-order valence-electron chi connectivity index (χ0n) is 11.5. The summed E-state index contributed by atoms with van der Waals surface area (Å²) < 4.78 is 5.33. The molecule has 1 aliphatic carbocycles. The summed E-state index contributed by atoms with van der Waals surface area (Å²) >= 11 is 0. The van der Waals surface area contributed by atoms with Crippen LogP contribution in [0.15, 0.2) is 0 Å². The molecule has 1 saturated carbocycles. The molecular weight excluding hydrogens is 264 g/mol. The van der Waals surface area contributed by atoms with Gasteiger partial charge in [0.1, 0.15) is 0 Å². The first-order valence-electron chi connectivity index (χ1n) is 7.13. The number of ether oxygens (including phenoxy) is 1. The second-order valence-electron chi connectivity index (χ2n) is 5.44. The van der Waals surface area contributed by atoms with Crippen molar-refractivity contribution < 1.29 is 24.5 Å². The second-order valence-corrected chi connectivity index (χ2v) is 5.44. The number of carbonyl (C=O) groups is 2. The summed E-state index contributed by atoms with van der Waals surface area (Å²) in [5, 5.41) is 21.5. The van der Waals surface area contributed by atoms with E-state index in [0.717, 1.165) is 25.7 Å². The second kappa shape index (κ2) is 6.90. The molecule has 2 fully saturated rings. The van der Waals surface area contributed by atoms with Crippen molar-refractivity contribution in [3.8, 4) is 0 Å². The largest absolute Gasteiger partial charge is 0.481 e. The zero-order valence-corrected chi connectivity index (χ0v) is 11.5. The van der Waals surface area contributed by atoms with E-state index in [9.17, 15) is 14.7 Å². The van der Waals surface area contributed by atoms with Crippen molar-refractivity contribution in [2.75, 3.05) is 19.7 Å². The Morgan fingerprint density at radius 3 is 2.75 bits per heavy atom. The predicted octanol–water partition coefficient (Wildman–Crippen LogP) is 0.175. The number of hydrogen-bond acceptors (Lipinski definition) is 4. The van der Waals surface area contributed by atoms with Crippen LogP contribution in [-0.4, -0.2) is 65.1 Å². The number of carboxylic acids is 1. The molecule has 3 atom stereocenters. The molecule has 0 aromatic heterocycles. The van der Waals surface area contributed by atoms with Gasteiger partial charge in [-0.1, -0.05) is 12.8 Å². The number of hydrogen-bond donors (Lipinski definition) is 3. The van der Waals surface area contributed by atoms with Crippen molar-refractivity contribution in [3.63, 3.8) is 0 Å². The van der Waals surface area contributed by atoms with Gasteiger partial charge in [-0.15, -0.1) is 0 Å². The normalized spacial score (nSPS) is 30.9.